The molecule has 156 valence electrons. The van der Waals surface area contributed by atoms with Crippen molar-refractivity contribution in [2.75, 3.05) is 24.2 Å². The molecular formula is C17H19F2N5O4S. The van der Waals surface area contributed by atoms with Crippen molar-refractivity contribution >= 4 is 29.3 Å². The molecule has 2 amide bonds. The van der Waals surface area contributed by atoms with E-state index in [9.17, 15) is 23.2 Å². The van der Waals surface area contributed by atoms with Gasteiger partial charge in [-0.2, -0.15) is 0 Å². The molecule has 1 aromatic carbocycles. The molecular weight excluding hydrogens is 408 g/mol. The van der Waals surface area contributed by atoms with Crippen LogP contribution in [0, 0.1) is 11.6 Å². The molecule has 2 heterocycles. The molecule has 0 radical (unpaired) electrons. The minimum atomic E-state index is -1.09. The normalized spacial score (nSPS) is 16.0. The fraction of sp³-hybridized carbons (Fsp3) is 0.412. The lowest BCUT2D eigenvalue weighted by Crippen LogP contribution is -2.34. The first-order chi connectivity index (χ1) is 13.9. The molecule has 3 rings (SSSR count). The number of carbonyl (C=O) groups is 2. The average molecular weight is 427 g/mol. The summed E-state index contributed by atoms with van der Waals surface area (Å²) in [5, 5.41) is 11.4. The molecule has 1 saturated heterocycles. The molecule has 3 N–H and O–H groups in total. The number of hydrogen-bond acceptors (Lipinski definition) is 6. The van der Waals surface area contributed by atoms with Crippen molar-refractivity contribution in [2.45, 2.75) is 30.6 Å². The van der Waals surface area contributed by atoms with Gasteiger partial charge in [-0.25, -0.2) is 18.7 Å². The lowest BCUT2D eigenvalue weighted by molar-refractivity contribution is -0.122. The van der Waals surface area contributed by atoms with Gasteiger partial charge in [0, 0.05) is 18.4 Å². The van der Waals surface area contributed by atoms with Gasteiger partial charge in [-0.3, -0.25) is 14.2 Å². The highest BCUT2D eigenvalue weighted by molar-refractivity contribution is 7.99. The molecule has 12 heteroatoms. The number of aromatic amines is 1. The van der Waals surface area contributed by atoms with Gasteiger partial charge in [0.15, 0.2) is 16.8 Å². The number of carbonyl (C=O) groups excluding carboxylic acids is 2. The SMILES string of the molecule is O=C(CSc1n[nH]c(=O)n1CC1CCCO1)NCC(=O)Nc1ccc(F)c(F)c1. The molecule has 1 aliphatic rings. The van der Waals surface area contributed by atoms with Gasteiger partial charge >= 0.3 is 5.69 Å². The lowest BCUT2D eigenvalue weighted by Gasteiger charge is -2.11. The van der Waals surface area contributed by atoms with Crippen molar-refractivity contribution < 1.29 is 23.1 Å². The number of H-pyrrole nitrogens is 1. The summed E-state index contributed by atoms with van der Waals surface area (Å²) in [6.07, 6.45) is 1.74. The molecule has 1 aromatic heterocycles. The second-order valence-corrected chi connectivity index (χ2v) is 7.24. The number of nitrogens with zero attached hydrogens (tertiary/aromatic N) is 2. The summed E-state index contributed by atoms with van der Waals surface area (Å²) in [7, 11) is 0. The number of halogens is 2. The zero-order chi connectivity index (χ0) is 20.8. The fourth-order valence-electron chi connectivity index (χ4n) is 2.71. The predicted octanol–water partition coefficient (Wildman–Crippen LogP) is 0.876. The van der Waals surface area contributed by atoms with Crippen LogP contribution in [0.3, 0.4) is 0 Å². The third-order valence-electron chi connectivity index (χ3n) is 4.12. The van der Waals surface area contributed by atoms with Gasteiger partial charge in [-0.1, -0.05) is 11.8 Å². The van der Waals surface area contributed by atoms with E-state index in [1.807, 2.05) is 0 Å². The predicted molar refractivity (Wildman–Crippen MR) is 101 cm³/mol. The molecule has 1 atom stereocenters. The summed E-state index contributed by atoms with van der Waals surface area (Å²) < 4.78 is 32.9. The van der Waals surface area contributed by atoms with E-state index in [4.69, 9.17) is 4.74 Å². The highest BCUT2D eigenvalue weighted by Crippen LogP contribution is 2.18. The van der Waals surface area contributed by atoms with Crippen LogP contribution in [0.5, 0.6) is 0 Å². The van der Waals surface area contributed by atoms with Crippen molar-refractivity contribution in [3.8, 4) is 0 Å². The molecule has 2 aromatic rings. The number of ether oxygens (including phenoxy) is 1. The molecule has 0 saturated carbocycles. The molecule has 0 spiro atoms. The van der Waals surface area contributed by atoms with Crippen LogP contribution in [0.1, 0.15) is 12.8 Å². The Morgan fingerprint density at radius 2 is 2.14 bits per heavy atom. The quantitative estimate of drug-likeness (QED) is 0.538. The Balaban J connectivity index is 1.44. The standard InChI is InChI=1S/C17H19F2N5O4S/c18-12-4-3-10(6-13(12)19)21-14(25)7-20-15(26)9-29-17-23-22-16(27)24(17)8-11-2-1-5-28-11/h3-4,6,11H,1-2,5,7-9H2,(H,20,26)(H,21,25)(H,22,27). The Bertz CT molecular complexity index is 942. The second-order valence-electron chi connectivity index (χ2n) is 6.30. The van der Waals surface area contributed by atoms with E-state index in [0.29, 0.717) is 18.3 Å². The van der Waals surface area contributed by atoms with Gasteiger partial charge in [0.25, 0.3) is 0 Å². The third-order valence-corrected chi connectivity index (χ3v) is 5.09. The number of amides is 2. The largest absolute Gasteiger partial charge is 0.376 e. The molecule has 9 nitrogen and oxygen atoms in total. The Labute approximate surface area is 168 Å². The summed E-state index contributed by atoms with van der Waals surface area (Å²) in [4.78, 5) is 35.7. The summed E-state index contributed by atoms with van der Waals surface area (Å²) in [6.45, 7) is 0.673. The third kappa shape index (κ3) is 5.87. The Kier molecular flexibility index (Phi) is 6.99. The van der Waals surface area contributed by atoms with Crippen LogP contribution in [0.25, 0.3) is 0 Å². The zero-order valence-electron chi connectivity index (χ0n) is 15.2. The van der Waals surface area contributed by atoms with Gasteiger partial charge in [-0.15, -0.1) is 5.10 Å². The van der Waals surface area contributed by atoms with Crippen LogP contribution in [-0.4, -0.2) is 51.6 Å². The summed E-state index contributed by atoms with van der Waals surface area (Å²) in [5.41, 5.74) is -0.304. The molecule has 0 bridgehead atoms. The molecule has 1 unspecified atom stereocenters. The number of benzene rings is 1. The van der Waals surface area contributed by atoms with E-state index < -0.39 is 23.4 Å². The smallest absolute Gasteiger partial charge is 0.344 e. The van der Waals surface area contributed by atoms with E-state index in [1.165, 1.54) is 10.6 Å². The van der Waals surface area contributed by atoms with Crippen molar-refractivity contribution in [3.63, 3.8) is 0 Å². The maximum absolute atomic E-state index is 13.1. The number of thioether (sulfide) groups is 1. The number of anilines is 1. The molecule has 1 aliphatic heterocycles. The van der Waals surface area contributed by atoms with Gasteiger partial charge in [0.1, 0.15) is 0 Å². The van der Waals surface area contributed by atoms with E-state index in [-0.39, 0.29) is 29.8 Å². The van der Waals surface area contributed by atoms with Crippen molar-refractivity contribution in [3.05, 3.63) is 40.3 Å². The summed E-state index contributed by atoms with van der Waals surface area (Å²) in [6, 6.07) is 2.94. The van der Waals surface area contributed by atoms with Crippen molar-refractivity contribution in [2.24, 2.45) is 0 Å². The van der Waals surface area contributed by atoms with Crippen molar-refractivity contribution in [1.29, 1.82) is 0 Å². The maximum Gasteiger partial charge on any atom is 0.344 e. The van der Waals surface area contributed by atoms with Crippen LogP contribution < -0.4 is 16.3 Å². The van der Waals surface area contributed by atoms with Crippen LogP contribution in [0.4, 0.5) is 14.5 Å². The Morgan fingerprint density at radius 1 is 1.31 bits per heavy atom. The van der Waals surface area contributed by atoms with E-state index in [0.717, 1.165) is 36.7 Å². The van der Waals surface area contributed by atoms with E-state index >= 15 is 0 Å². The number of hydrogen-bond donors (Lipinski definition) is 3. The number of aromatic nitrogens is 3. The van der Waals surface area contributed by atoms with Crippen LogP contribution in [-0.2, 0) is 20.9 Å². The van der Waals surface area contributed by atoms with E-state index in [2.05, 4.69) is 20.8 Å². The minimum Gasteiger partial charge on any atom is -0.376 e. The summed E-state index contributed by atoms with van der Waals surface area (Å²) in [5.74, 6) is -3.21. The van der Waals surface area contributed by atoms with Crippen LogP contribution in [0.15, 0.2) is 28.2 Å². The van der Waals surface area contributed by atoms with Gasteiger partial charge in [0.2, 0.25) is 11.8 Å². The average Bonchev–Trinajstić information content (AvgIpc) is 3.32. The van der Waals surface area contributed by atoms with Crippen molar-refractivity contribution in [1.82, 2.24) is 20.1 Å². The van der Waals surface area contributed by atoms with Gasteiger partial charge in [-0.05, 0) is 25.0 Å². The van der Waals surface area contributed by atoms with Crippen LogP contribution in [0.2, 0.25) is 0 Å². The van der Waals surface area contributed by atoms with Gasteiger partial charge < -0.3 is 15.4 Å². The minimum absolute atomic E-state index is 0.0570. The highest BCUT2D eigenvalue weighted by Gasteiger charge is 2.20. The lowest BCUT2D eigenvalue weighted by atomic mass is 10.2. The first-order valence-electron chi connectivity index (χ1n) is 8.83. The Morgan fingerprint density at radius 3 is 2.86 bits per heavy atom. The fourth-order valence-corrected chi connectivity index (χ4v) is 3.49. The molecule has 1 fully saturated rings. The second kappa shape index (κ2) is 9.65. The van der Waals surface area contributed by atoms with E-state index in [1.54, 1.807) is 0 Å². The summed E-state index contributed by atoms with van der Waals surface area (Å²) >= 11 is 1.05. The topological polar surface area (TPSA) is 118 Å². The zero-order valence-corrected chi connectivity index (χ0v) is 16.1. The first kappa shape index (κ1) is 21.0. The molecule has 29 heavy (non-hydrogen) atoms. The maximum atomic E-state index is 13.1. The van der Waals surface area contributed by atoms with Crippen LogP contribution >= 0.6 is 11.8 Å². The Hall–Kier alpha value is -2.73. The number of nitrogens with one attached hydrogen (secondary N) is 3. The number of rotatable bonds is 8. The highest BCUT2D eigenvalue weighted by atomic mass is 32.2. The van der Waals surface area contributed by atoms with Gasteiger partial charge in [0.05, 0.1) is 24.9 Å². The monoisotopic (exact) mass is 427 g/mol. The molecule has 0 aliphatic carbocycles. The first-order valence-corrected chi connectivity index (χ1v) is 9.82.